The Morgan fingerprint density at radius 1 is 1.13 bits per heavy atom. The van der Waals surface area contributed by atoms with Crippen LogP contribution in [0.15, 0.2) is 67.1 Å². The first-order valence-corrected chi connectivity index (χ1v) is 10.2. The van der Waals surface area contributed by atoms with Gasteiger partial charge in [0, 0.05) is 30.8 Å². The number of carbonyl (C=O) groups is 1. The largest absolute Gasteiger partial charge is 0.469 e. The average molecular weight is 422 g/mol. The number of nitrogens with one attached hydrogen (secondary N) is 1. The van der Waals surface area contributed by atoms with Gasteiger partial charge in [0.05, 0.1) is 43.5 Å². The lowest BCUT2D eigenvalue weighted by Gasteiger charge is -2.28. The van der Waals surface area contributed by atoms with Crippen LogP contribution in [0, 0.1) is 0 Å². The molecule has 1 aliphatic heterocycles. The third-order valence-corrected chi connectivity index (χ3v) is 5.56. The standard InChI is InChI=1S/C22H23N5O2S/c1-29-19(28)10-14-27-21(20(25-22(27)30)17-8-3-5-12-24-17)18-9-6-13-26(18)15-16-7-2-4-11-23-16/h2-9,11-13,20-21H,10,14-15H2,1H3,(H,25,30)/t20-,21+/m0/s1. The van der Waals surface area contributed by atoms with Gasteiger partial charge >= 0.3 is 5.97 Å². The maximum atomic E-state index is 11.8. The zero-order valence-electron chi connectivity index (χ0n) is 16.6. The van der Waals surface area contributed by atoms with Gasteiger partial charge in [-0.2, -0.15) is 0 Å². The molecule has 0 bridgehead atoms. The van der Waals surface area contributed by atoms with Gasteiger partial charge in [0.25, 0.3) is 0 Å². The number of carbonyl (C=O) groups excluding carboxylic acids is 1. The van der Waals surface area contributed by atoms with E-state index in [1.165, 1.54) is 7.11 Å². The quantitative estimate of drug-likeness (QED) is 0.465. The molecule has 0 spiro atoms. The Bertz CT molecular complexity index is 1010. The van der Waals surface area contributed by atoms with E-state index in [4.69, 9.17) is 17.0 Å². The van der Waals surface area contributed by atoms with Crippen LogP contribution >= 0.6 is 12.2 Å². The number of methoxy groups -OCH3 is 1. The van der Waals surface area contributed by atoms with E-state index in [9.17, 15) is 4.79 Å². The minimum atomic E-state index is -0.262. The molecule has 7 nitrogen and oxygen atoms in total. The number of pyridine rings is 2. The van der Waals surface area contributed by atoms with Crippen LogP contribution in [-0.4, -0.2) is 44.2 Å². The van der Waals surface area contributed by atoms with Crippen LogP contribution in [0.1, 0.15) is 35.6 Å². The molecule has 0 aliphatic carbocycles. The van der Waals surface area contributed by atoms with Gasteiger partial charge in [-0.3, -0.25) is 14.8 Å². The zero-order chi connectivity index (χ0) is 20.9. The number of nitrogens with zero attached hydrogens (tertiary/aromatic N) is 4. The highest BCUT2D eigenvalue weighted by Gasteiger charge is 2.41. The summed E-state index contributed by atoms with van der Waals surface area (Å²) in [7, 11) is 1.40. The highest BCUT2D eigenvalue weighted by molar-refractivity contribution is 7.80. The number of ether oxygens (including phenoxy) is 1. The topological polar surface area (TPSA) is 72.3 Å². The van der Waals surface area contributed by atoms with Crippen molar-refractivity contribution in [3.63, 3.8) is 0 Å². The number of rotatable bonds is 7. The Labute approximate surface area is 180 Å². The molecule has 1 N–H and O–H groups in total. The van der Waals surface area contributed by atoms with Crippen molar-refractivity contribution in [2.24, 2.45) is 0 Å². The van der Waals surface area contributed by atoms with Crippen molar-refractivity contribution in [2.75, 3.05) is 13.7 Å². The molecule has 8 heteroatoms. The van der Waals surface area contributed by atoms with Crippen LogP contribution < -0.4 is 5.32 Å². The molecular weight excluding hydrogens is 398 g/mol. The number of hydrogen-bond acceptors (Lipinski definition) is 5. The van der Waals surface area contributed by atoms with E-state index in [0.29, 0.717) is 18.2 Å². The molecule has 0 unspecified atom stereocenters. The fraction of sp³-hybridized carbons (Fsp3) is 0.273. The third kappa shape index (κ3) is 4.18. The second kappa shape index (κ2) is 9.04. The second-order valence-corrected chi connectivity index (χ2v) is 7.41. The van der Waals surface area contributed by atoms with Crippen LogP contribution in [0.3, 0.4) is 0 Å². The SMILES string of the molecule is COC(=O)CCN1C(=S)N[C@@H](c2ccccn2)[C@H]1c1cccn1Cc1ccccn1. The lowest BCUT2D eigenvalue weighted by molar-refractivity contribution is -0.140. The molecule has 30 heavy (non-hydrogen) atoms. The van der Waals surface area contributed by atoms with E-state index in [0.717, 1.165) is 17.1 Å². The number of thiocarbonyl (C=S) groups is 1. The van der Waals surface area contributed by atoms with E-state index in [2.05, 4.69) is 30.8 Å². The predicted molar refractivity (Wildman–Crippen MR) is 117 cm³/mol. The van der Waals surface area contributed by atoms with E-state index < -0.39 is 0 Å². The molecule has 4 rings (SSSR count). The van der Waals surface area contributed by atoms with Crippen molar-refractivity contribution in [1.82, 2.24) is 24.8 Å². The summed E-state index contributed by atoms with van der Waals surface area (Å²) in [6.07, 6.45) is 5.87. The lowest BCUT2D eigenvalue weighted by atomic mass is 10.0. The highest BCUT2D eigenvalue weighted by atomic mass is 32.1. The molecule has 3 aromatic heterocycles. The van der Waals surface area contributed by atoms with Crippen molar-refractivity contribution < 1.29 is 9.53 Å². The molecule has 0 aromatic carbocycles. The van der Waals surface area contributed by atoms with Gasteiger partial charge in [0.2, 0.25) is 0 Å². The Morgan fingerprint density at radius 3 is 2.63 bits per heavy atom. The average Bonchev–Trinajstić information content (AvgIpc) is 3.36. The predicted octanol–water partition coefficient (Wildman–Crippen LogP) is 2.86. The van der Waals surface area contributed by atoms with Gasteiger partial charge in [-0.15, -0.1) is 0 Å². The number of aromatic nitrogens is 3. The van der Waals surface area contributed by atoms with Gasteiger partial charge in [-0.25, -0.2) is 0 Å². The van der Waals surface area contributed by atoms with Crippen LogP contribution in [0.5, 0.6) is 0 Å². The fourth-order valence-electron chi connectivity index (χ4n) is 3.79. The Balaban J connectivity index is 1.69. The van der Waals surface area contributed by atoms with Crippen LogP contribution in [-0.2, 0) is 16.1 Å². The number of esters is 1. The molecule has 1 saturated heterocycles. The Morgan fingerprint density at radius 2 is 1.93 bits per heavy atom. The van der Waals surface area contributed by atoms with Gasteiger partial charge in [-0.1, -0.05) is 12.1 Å². The molecule has 4 heterocycles. The lowest BCUT2D eigenvalue weighted by Crippen LogP contribution is -2.32. The summed E-state index contributed by atoms with van der Waals surface area (Å²) in [5, 5.41) is 4.01. The summed E-state index contributed by atoms with van der Waals surface area (Å²) >= 11 is 5.64. The minimum Gasteiger partial charge on any atom is -0.469 e. The Hall–Kier alpha value is -3.26. The van der Waals surface area contributed by atoms with Gasteiger partial charge in [-0.05, 0) is 48.6 Å². The summed E-state index contributed by atoms with van der Waals surface area (Å²) in [4.78, 5) is 22.8. The van der Waals surface area contributed by atoms with Crippen LogP contribution in [0.2, 0.25) is 0 Å². The van der Waals surface area contributed by atoms with E-state index >= 15 is 0 Å². The summed E-state index contributed by atoms with van der Waals surface area (Å²) in [6.45, 7) is 1.10. The molecule has 0 radical (unpaired) electrons. The van der Waals surface area contributed by atoms with Crippen LogP contribution in [0.25, 0.3) is 0 Å². The molecule has 1 fully saturated rings. The molecule has 2 atom stereocenters. The third-order valence-electron chi connectivity index (χ3n) is 5.21. The van der Waals surface area contributed by atoms with Gasteiger partial charge in [0.1, 0.15) is 0 Å². The van der Waals surface area contributed by atoms with Crippen molar-refractivity contribution in [3.8, 4) is 0 Å². The van der Waals surface area contributed by atoms with Crippen molar-refractivity contribution in [3.05, 3.63) is 84.2 Å². The summed E-state index contributed by atoms with van der Waals surface area (Å²) < 4.78 is 7.00. The van der Waals surface area contributed by atoms with Crippen molar-refractivity contribution in [2.45, 2.75) is 25.0 Å². The van der Waals surface area contributed by atoms with E-state index in [1.54, 1.807) is 12.4 Å². The van der Waals surface area contributed by atoms with Crippen LogP contribution in [0.4, 0.5) is 0 Å². The fourth-order valence-corrected chi connectivity index (χ4v) is 4.12. The monoisotopic (exact) mass is 421 g/mol. The first-order chi connectivity index (χ1) is 14.7. The molecule has 0 saturated carbocycles. The maximum Gasteiger partial charge on any atom is 0.307 e. The first-order valence-electron chi connectivity index (χ1n) is 9.77. The van der Waals surface area contributed by atoms with Gasteiger partial charge < -0.3 is 19.5 Å². The van der Waals surface area contributed by atoms with E-state index in [1.807, 2.05) is 48.7 Å². The van der Waals surface area contributed by atoms with Crippen molar-refractivity contribution >= 4 is 23.3 Å². The normalized spacial score (nSPS) is 18.3. The first kappa shape index (κ1) is 20.0. The van der Waals surface area contributed by atoms with E-state index in [-0.39, 0.29) is 24.5 Å². The van der Waals surface area contributed by atoms with Gasteiger partial charge in [0.15, 0.2) is 5.11 Å². The molecular formula is C22H23N5O2S. The molecule has 0 amide bonds. The summed E-state index contributed by atoms with van der Waals surface area (Å²) in [6, 6.07) is 15.6. The maximum absolute atomic E-state index is 11.8. The summed E-state index contributed by atoms with van der Waals surface area (Å²) in [5.41, 5.74) is 2.95. The molecule has 1 aliphatic rings. The zero-order valence-corrected chi connectivity index (χ0v) is 17.5. The Kier molecular flexibility index (Phi) is 6.04. The molecule has 154 valence electrons. The minimum absolute atomic E-state index is 0.115. The second-order valence-electron chi connectivity index (χ2n) is 7.03. The summed E-state index contributed by atoms with van der Waals surface area (Å²) in [5.74, 6) is -0.262. The highest BCUT2D eigenvalue weighted by Crippen LogP contribution is 2.38. The number of hydrogen-bond donors (Lipinski definition) is 1. The smallest absolute Gasteiger partial charge is 0.307 e. The molecule has 3 aromatic rings. The van der Waals surface area contributed by atoms with Crippen molar-refractivity contribution in [1.29, 1.82) is 0 Å².